The molecule has 0 heterocycles. The minimum atomic E-state index is -0.792. The lowest BCUT2D eigenvalue weighted by atomic mass is 10.0. The van der Waals surface area contributed by atoms with E-state index in [2.05, 4.69) is 81.5 Å². The quantitative estimate of drug-likeness (QED) is 0.0262. The predicted molar refractivity (Wildman–Crippen MR) is 265 cm³/mol. The lowest BCUT2D eigenvalue weighted by molar-refractivity contribution is -0.167. The van der Waals surface area contributed by atoms with Crippen molar-refractivity contribution in [3.05, 3.63) is 60.8 Å². The first-order valence-corrected chi connectivity index (χ1v) is 26.3. The highest BCUT2D eigenvalue weighted by Crippen LogP contribution is 2.16. The van der Waals surface area contributed by atoms with E-state index in [-0.39, 0.29) is 37.5 Å². The molecule has 0 aromatic heterocycles. The van der Waals surface area contributed by atoms with Crippen molar-refractivity contribution >= 4 is 17.9 Å². The third-order valence-electron chi connectivity index (χ3n) is 11.3. The number of carbonyl (C=O) groups is 3. The third-order valence-corrected chi connectivity index (χ3v) is 11.3. The van der Waals surface area contributed by atoms with Crippen molar-refractivity contribution in [1.82, 2.24) is 0 Å². The molecule has 62 heavy (non-hydrogen) atoms. The molecule has 0 unspecified atom stereocenters. The van der Waals surface area contributed by atoms with Gasteiger partial charge in [-0.1, -0.05) is 242 Å². The van der Waals surface area contributed by atoms with E-state index < -0.39 is 6.10 Å². The molecular formula is C56H98O6. The summed E-state index contributed by atoms with van der Waals surface area (Å²) in [7, 11) is 0. The first-order chi connectivity index (χ1) is 30.5. The molecule has 0 aromatic carbocycles. The van der Waals surface area contributed by atoms with E-state index in [4.69, 9.17) is 14.2 Å². The first-order valence-electron chi connectivity index (χ1n) is 26.3. The van der Waals surface area contributed by atoms with Crippen LogP contribution >= 0.6 is 0 Å². The molecule has 0 amide bonds. The van der Waals surface area contributed by atoms with Gasteiger partial charge in [0.05, 0.1) is 0 Å². The van der Waals surface area contributed by atoms with Crippen LogP contribution in [0, 0.1) is 0 Å². The van der Waals surface area contributed by atoms with Crippen LogP contribution in [0.25, 0.3) is 0 Å². The summed E-state index contributed by atoms with van der Waals surface area (Å²) >= 11 is 0. The second-order valence-electron chi connectivity index (χ2n) is 17.4. The van der Waals surface area contributed by atoms with Gasteiger partial charge in [0, 0.05) is 19.3 Å². The Labute approximate surface area is 383 Å². The van der Waals surface area contributed by atoms with Gasteiger partial charge in [0.15, 0.2) is 6.10 Å². The first kappa shape index (κ1) is 59.1. The van der Waals surface area contributed by atoms with E-state index in [0.29, 0.717) is 19.3 Å². The fourth-order valence-electron chi connectivity index (χ4n) is 7.36. The van der Waals surface area contributed by atoms with E-state index in [1.54, 1.807) is 0 Å². The fourth-order valence-corrected chi connectivity index (χ4v) is 7.36. The molecule has 0 saturated carbocycles. The van der Waals surface area contributed by atoms with Gasteiger partial charge in [-0.2, -0.15) is 0 Å². The van der Waals surface area contributed by atoms with Crippen LogP contribution in [0.15, 0.2) is 60.8 Å². The van der Waals surface area contributed by atoms with Gasteiger partial charge in [-0.3, -0.25) is 14.4 Å². The Kier molecular flexibility index (Phi) is 48.4. The molecule has 0 aliphatic rings. The zero-order valence-electron chi connectivity index (χ0n) is 40.9. The van der Waals surface area contributed by atoms with Gasteiger partial charge < -0.3 is 14.2 Å². The number of hydrogen-bond acceptors (Lipinski definition) is 6. The third kappa shape index (κ3) is 48.1. The molecular weight excluding hydrogens is 769 g/mol. The smallest absolute Gasteiger partial charge is 0.306 e. The average molecular weight is 867 g/mol. The van der Waals surface area contributed by atoms with Crippen LogP contribution in [-0.4, -0.2) is 37.2 Å². The summed E-state index contributed by atoms with van der Waals surface area (Å²) in [4.78, 5) is 38.0. The van der Waals surface area contributed by atoms with E-state index in [1.165, 1.54) is 135 Å². The second-order valence-corrected chi connectivity index (χ2v) is 17.4. The van der Waals surface area contributed by atoms with Crippen LogP contribution in [0.4, 0.5) is 0 Å². The zero-order valence-corrected chi connectivity index (χ0v) is 40.9. The number of unbranched alkanes of at least 4 members (excludes halogenated alkanes) is 26. The fraction of sp³-hybridized carbons (Fsp3) is 0.768. The number of carbonyl (C=O) groups excluding carboxylic acids is 3. The molecule has 0 rings (SSSR count). The Bertz CT molecular complexity index is 1130. The van der Waals surface area contributed by atoms with Gasteiger partial charge in [-0.05, 0) is 57.8 Å². The summed E-state index contributed by atoms with van der Waals surface area (Å²) in [6, 6.07) is 0. The Hall–Kier alpha value is -2.89. The number of esters is 3. The summed E-state index contributed by atoms with van der Waals surface area (Å²) in [5.41, 5.74) is 0. The minimum Gasteiger partial charge on any atom is -0.462 e. The summed E-state index contributed by atoms with van der Waals surface area (Å²) < 4.78 is 16.8. The van der Waals surface area contributed by atoms with Crippen molar-refractivity contribution in [2.45, 2.75) is 264 Å². The van der Waals surface area contributed by atoms with Gasteiger partial charge in [-0.15, -0.1) is 0 Å². The van der Waals surface area contributed by atoms with Gasteiger partial charge >= 0.3 is 17.9 Å². The molecule has 0 aliphatic carbocycles. The van der Waals surface area contributed by atoms with Gasteiger partial charge in [0.2, 0.25) is 0 Å². The summed E-state index contributed by atoms with van der Waals surface area (Å²) in [5.74, 6) is -0.941. The van der Waals surface area contributed by atoms with Gasteiger partial charge in [0.25, 0.3) is 0 Å². The van der Waals surface area contributed by atoms with Crippen molar-refractivity contribution in [3.8, 4) is 0 Å². The van der Waals surface area contributed by atoms with Crippen LogP contribution in [0.1, 0.15) is 258 Å². The monoisotopic (exact) mass is 867 g/mol. The Morgan fingerprint density at radius 2 is 0.629 bits per heavy atom. The zero-order chi connectivity index (χ0) is 45.1. The molecule has 0 spiro atoms. The molecule has 0 radical (unpaired) electrons. The van der Waals surface area contributed by atoms with E-state index in [0.717, 1.165) is 77.0 Å². The lowest BCUT2D eigenvalue weighted by Gasteiger charge is -2.18. The molecule has 0 saturated heterocycles. The highest BCUT2D eigenvalue weighted by atomic mass is 16.6. The molecule has 0 bridgehead atoms. The predicted octanol–water partition coefficient (Wildman–Crippen LogP) is 17.3. The van der Waals surface area contributed by atoms with Crippen molar-refractivity contribution in [3.63, 3.8) is 0 Å². The molecule has 0 aliphatic heterocycles. The van der Waals surface area contributed by atoms with Crippen LogP contribution in [-0.2, 0) is 28.6 Å². The summed E-state index contributed by atoms with van der Waals surface area (Å²) in [6.07, 6.45) is 62.1. The molecule has 358 valence electrons. The molecule has 0 fully saturated rings. The maximum atomic E-state index is 12.8. The molecule has 1 atom stereocenters. The van der Waals surface area contributed by atoms with Gasteiger partial charge in [0.1, 0.15) is 13.2 Å². The van der Waals surface area contributed by atoms with Crippen LogP contribution in [0.3, 0.4) is 0 Å². The SMILES string of the molecule is CC/C=C/C/C=C/C/C=C/C/C=C/C/C=C/CCCC(=O)OC[C@@H](COC(=O)CCCCCCCCCCCCCCC)OC(=O)CCCCCCCCCCCCCCCC. The standard InChI is InChI=1S/C56H98O6/c1-4-7-10-13-16-19-22-25-27-28-29-32-34-37-40-43-46-49-55(58)61-52-53(51-60-54(57)48-45-42-39-36-33-30-24-21-18-15-12-9-6-3)62-56(59)50-47-44-41-38-35-31-26-23-20-17-14-11-8-5-2/h7,10,16,19,25,27,29,32,37,40,53H,4-6,8-9,11-15,17-18,20-24,26,28,30-31,33-36,38-39,41-52H2,1-3H3/b10-7+,19-16+,27-25+,32-29+,40-37+/t53-/m1/s1. The van der Waals surface area contributed by atoms with Crippen molar-refractivity contribution in [1.29, 1.82) is 0 Å². The largest absolute Gasteiger partial charge is 0.462 e. The molecule has 0 N–H and O–H groups in total. The van der Waals surface area contributed by atoms with E-state index in [1.807, 2.05) is 0 Å². The number of rotatable bonds is 47. The van der Waals surface area contributed by atoms with E-state index in [9.17, 15) is 14.4 Å². The number of ether oxygens (including phenoxy) is 3. The normalized spacial score (nSPS) is 12.5. The molecule has 6 nitrogen and oxygen atoms in total. The topological polar surface area (TPSA) is 78.9 Å². The maximum absolute atomic E-state index is 12.8. The maximum Gasteiger partial charge on any atom is 0.306 e. The lowest BCUT2D eigenvalue weighted by Crippen LogP contribution is -2.30. The van der Waals surface area contributed by atoms with Gasteiger partial charge in [-0.25, -0.2) is 0 Å². The molecule has 6 heteroatoms. The minimum absolute atomic E-state index is 0.0882. The van der Waals surface area contributed by atoms with Crippen LogP contribution < -0.4 is 0 Å². The number of hydrogen-bond donors (Lipinski definition) is 0. The summed E-state index contributed by atoms with van der Waals surface area (Å²) in [6.45, 7) is 6.49. The highest BCUT2D eigenvalue weighted by molar-refractivity contribution is 5.71. The average Bonchev–Trinajstić information content (AvgIpc) is 3.27. The van der Waals surface area contributed by atoms with E-state index >= 15 is 0 Å². The van der Waals surface area contributed by atoms with Crippen molar-refractivity contribution < 1.29 is 28.6 Å². The Balaban J connectivity index is 4.44. The Morgan fingerprint density at radius 3 is 0.984 bits per heavy atom. The second kappa shape index (κ2) is 50.8. The highest BCUT2D eigenvalue weighted by Gasteiger charge is 2.19. The van der Waals surface area contributed by atoms with Crippen LogP contribution in [0.2, 0.25) is 0 Å². The Morgan fingerprint density at radius 1 is 0.339 bits per heavy atom. The van der Waals surface area contributed by atoms with Crippen molar-refractivity contribution in [2.24, 2.45) is 0 Å². The number of allylic oxidation sites excluding steroid dienone is 10. The van der Waals surface area contributed by atoms with Crippen molar-refractivity contribution in [2.75, 3.05) is 13.2 Å². The molecule has 0 aromatic rings. The van der Waals surface area contributed by atoms with Crippen LogP contribution in [0.5, 0.6) is 0 Å². The summed E-state index contributed by atoms with van der Waals surface area (Å²) in [5, 5.41) is 0.